The molecule has 0 N–H and O–H groups in total. The fourth-order valence-corrected chi connectivity index (χ4v) is 2.36. The minimum absolute atomic E-state index is 0.0461. The summed E-state index contributed by atoms with van der Waals surface area (Å²) < 4.78 is 0. The van der Waals surface area contributed by atoms with E-state index in [9.17, 15) is 0 Å². The first-order chi connectivity index (χ1) is 8.66. The molecule has 0 saturated heterocycles. The Balaban J connectivity index is 2.15. The summed E-state index contributed by atoms with van der Waals surface area (Å²) in [5.41, 5.74) is 3.64. The molecule has 0 aliphatic rings. The van der Waals surface area contributed by atoms with E-state index in [2.05, 4.69) is 53.4 Å². The monoisotopic (exact) mass is 259 g/mol. The Morgan fingerprint density at radius 1 is 0.889 bits per heavy atom. The Hall–Kier alpha value is -1.31. The van der Waals surface area contributed by atoms with E-state index >= 15 is 0 Å². The Morgan fingerprint density at radius 2 is 1.44 bits per heavy atom. The maximum atomic E-state index is 6.36. The lowest BCUT2D eigenvalue weighted by Crippen LogP contribution is -2.17. The molecular weight excluding hydrogens is 242 g/mol. The van der Waals surface area contributed by atoms with E-state index in [-0.39, 0.29) is 5.38 Å². The average molecular weight is 260 g/mol. The molecule has 0 aliphatic carbocycles. The number of alkyl halides is 1. The molecule has 0 spiro atoms. The van der Waals surface area contributed by atoms with Crippen LogP contribution in [0.5, 0.6) is 0 Å². The molecule has 0 aromatic heterocycles. The maximum Gasteiger partial charge on any atom is 0.0712 e. The maximum absolute atomic E-state index is 6.36. The zero-order valence-electron chi connectivity index (χ0n) is 10.8. The van der Waals surface area contributed by atoms with Crippen molar-refractivity contribution in [2.75, 3.05) is 20.6 Å². The van der Waals surface area contributed by atoms with Gasteiger partial charge in [0.05, 0.1) is 5.38 Å². The lowest BCUT2D eigenvalue weighted by atomic mass is 10.0. The summed E-state index contributed by atoms with van der Waals surface area (Å²) in [6, 6.07) is 18.9. The van der Waals surface area contributed by atoms with E-state index in [1.54, 1.807) is 0 Å². The second kappa shape index (κ2) is 6.03. The molecule has 0 fully saturated rings. The number of halogens is 1. The van der Waals surface area contributed by atoms with Crippen LogP contribution in [-0.2, 0) is 0 Å². The minimum atomic E-state index is 0.0461. The van der Waals surface area contributed by atoms with Crippen LogP contribution in [0.3, 0.4) is 0 Å². The summed E-state index contributed by atoms with van der Waals surface area (Å²) in [6.07, 6.45) is 0. The summed E-state index contributed by atoms with van der Waals surface area (Å²) in [5.74, 6) is 0. The summed E-state index contributed by atoms with van der Waals surface area (Å²) in [7, 11) is 4.07. The first kappa shape index (κ1) is 13.1. The SMILES string of the molecule is CN(C)CC(Cl)c1ccc(-c2ccccc2)cc1. The van der Waals surface area contributed by atoms with Gasteiger partial charge in [-0.15, -0.1) is 11.6 Å². The van der Waals surface area contributed by atoms with Crippen molar-refractivity contribution in [1.29, 1.82) is 0 Å². The third-order valence-corrected chi connectivity index (χ3v) is 3.29. The van der Waals surface area contributed by atoms with Crippen LogP contribution in [0.4, 0.5) is 0 Å². The van der Waals surface area contributed by atoms with Gasteiger partial charge >= 0.3 is 0 Å². The Bertz CT molecular complexity index is 476. The zero-order chi connectivity index (χ0) is 13.0. The average Bonchev–Trinajstić information content (AvgIpc) is 2.39. The summed E-state index contributed by atoms with van der Waals surface area (Å²) in [5, 5.41) is 0.0461. The van der Waals surface area contributed by atoms with Crippen LogP contribution in [0.25, 0.3) is 11.1 Å². The predicted molar refractivity (Wildman–Crippen MR) is 79.0 cm³/mol. The Labute approximate surface area is 114 Å². The van der Waals surface area contributed by atoms with Crippen LogP contribution >= 0.6 is 11.6 Å². The minimum Gasteiger partial charge on any atom is -0.308 e. The highest BCUT2D eigenvalue weighted by molar-refractivity contribution is 6.21. The molecule has 94 valence electrons. The molecule has 1 unspecified atom stereocenters. The molecule has 0 saturated carbocycles. The number of benzene rings is 2. The van der Waals surface area contributed by atoms with E-state index in [1.165, 1.54) is 16.7 Å². The molecule has 1 nitrogen and oxygen atoms in total. The van der Waals surface area contributed by atoms with Crippen molar-refractivity contribution >= 4 is 11.6 Å². The predicted octanol–water partition coefficient (Wildman–Crippen LogP) is 4.20. The molecule has 0 amide bonds. The van der Waals surface area contributed by atoms with Gasteiger partial charge in [-0.05, 0) is 30.8 Å². The highest BCUT2D eigenvalue weighted by Gasteiger charge is 2.08. The summed E-state index contributed by atoms with van der Waals surface area (Å²) in [6.45, 7) is 0.853. The van der Waals surface area contributed by atoms with Crippen molar-refractivity contribution in [2.45, 2.75) is 5.38 Å². The quantitative estimate of drug-likeness (QED) is 0.744. The van der Waals surface area contributed by atoms with Crippen LogP contribution < -0.4 is 0 Å². The number of nitrogens with zero attached hydrogens (tertiary/aromatic N) is 1. The van der Waals surface area contributed by atoms with Crippen molar-refractivity contribution in [2.24, 2.45) is 0 Å². The first-order valence-electron chi connectivity index (χ1n) is 6.11. The van der Waals surface area contributed by atoms with Crippen molar-refractivity contribution in [1.82, 2.24) is 4.90 Å². The van der Waals surface area contributed by atoms with Gasteiger partial charge in [-0.25, -0.2) is 0 Å². The number of hydrogen-bond donors (Lipinski definition) is 0. The molecule has 2 rings (SSSR count). The summed E-state index contributed by atoms with van der Waals surface area (Å²) >= 11 is 6.36. The van der Waals surface area contributed by atoms with Gasteiger partial charge in [0, 0.05) is 6.54 Å². The van der Waals surface area contributed by atoms with E-state index in [1.807, 2.05) is 20.2 Å². The molecule has 2 aromatic rings. The van der Waals surface area contributed by atoms with Crippen molar-refractivity contribution in [3.63, 3.8) is 0 Å². The number of rotatable bonds is 4. The van der Waals surface area contributed by atoms with Gasteiger partial charge in [-0.2, -0.15) is 0 Å². The number of hydrogen-bond acceptors (Lipinski definition) is 1. The highest BCUT2D eigenvalue weighted by Crippen LogP contribution is 2.25. The van der Waals surface area contributed by atoms with Gasteiger partial charge in [0.25, 0.3) is 0 Å². The van der Waals surface area contributed by atoms with Crippen LogP contribution in [0, 0.1) is 0 Å². The van der Waals surface area contributed by atoms with Gasteiger partial charge in [-0.1, -0.05) is 54.6 Å². The van der Waals surface area contributed by atoms with E-state index in [0.29, 0.717) is 0 Å². The molecule has 0 radical (unpaired) electrons. The lowest BCUT2D eigenvalue weighted by molar-refractivity contribution is 0.408. The molecule has 2 aromatic carbocycles. The first-order valence-corrected chi connectivity index (χ1v) is 6.54. The largest absolute Gasteiger partial charge is 0.308 e. The second-order valence-electron chi connectivity index (χ2n) is 4.72. The fourth-order valence-electron chi connectivity index (χ4n) is 1.94. The molecule has 0 bridgehead atoms. The normalized spacial score (nSPS) is 12.7. The van der Waals surface area contributed by atoms with Crippen LogP contribution in [0.1, 0.15) is 10.9 Å². The van der Waals surface area contributed by atoms with Gasteiger partial charge in [0.2, 0.25) is 0 Å². The molecule has 0 heterocycles. The standard InChI is InChI=1S/C16H18ClN/c1-18(2)12-16(17)15-10-8-14(9-11-15)13-6-4-3-5-7-13/h3-11,16H,12H2,1-2H3. The molecular formula is C16H18ClN. The zero-order valence-corrected chi connectivity index (χ0v) is 11.6. The van der Waals surface area contributed by atoms with Crippen LogP contribution in [0.2, 0.25) is 0 Å². The molecule has 1 atom stereocenters. The van der Waals surface area contributed by atoms with E-state index < -0.39 is 0 Å². The second-order valence-corrected chi connectivity index (χ2v) is 5.24. The van der Waals surface area contributed by atoms with Gasteiger partial charge in [0.1, 0.15) is 0 Å². The van der Waals surface area contributed by atoms with Gasteiger partial charge < -0.3 is 4.90 Å². The topological polar surface area (TPSA) is 3.24 Å². The van der Waals surface area contributed by atoms with E-state index in [4.69, 9.17) is 11.6 Å². The number of likely N-dealkylation sites (N-methyl/N-ethyl adjacent to an activating group) is 1. The summed E-state index contributed by atoms with van der Waals surface area (Å²) in [4.78, 5) is 2.10. The third-order valence-electron chi connectivity index (χ3n) is 2.90. The van der Waals surface area contributed by atoms with Crippen molar-refractivity contribution in [3.05, 3.63) is 60.2 Å². The van der Waals surface area contributed by atoms with Gasteiger partial charge in [0.15, 0.2) is 0 Å². The molecule has 2 heteroatoms. The van der Waals surface area contributed by atoms with Gasteiger partial charge in [-0.3, -0.25) is 0 Å². The van der Waals surface area contributed by atoms with Crippen molar-refractivity contribution < 1.29 is 0 Å². The third kappa shape index (κ3) is 3.34. The Kier molecular flexibility index (Phi) is 4.40. The Morgan fingerprint density at radius 3 is 2.00 bits per heavy atom. The van der Waals surface area contributed by atoms with Crippen LogP contribution in [-0.4, -0.2) is 25.5 Å². The lowest BCUT2D eigenvalue weighted by Gasteiger charge is -2.15. The highest BCUT2D eigenvalue weighted by atomic mass is 35.5. The molecule has 0 aliphatic heterocycles. The van der Waals surface area contributed by atoms with Crippen LogP contribution in [0.15, 0.2) is 54.6 Å². The van der Waals surface area contributed by atoms with E-state index in [0.717, 1.165) is 6.54 Å². The van der Waals surface area contributed by atoms with Crippen molar-refractivity contribution in [3.8, 4) is 11.1 Å². The smallest absolute Gasteiger partial charge is 0.0712 e. The fraction of sp³-hybridized carbons (Fsp3) is 0.250. The molecule has 18 heavy (non-hydrogen) atoms.